The van der Waals surface area contributed by atoms with Crippen LogP contribution in [-0.4, -0.2) is 66.5 Å². The normalized spacial score (nSPS) is 19.6. The highest BCUT2D eigenvalue weighted by molar-refractivity contribution is 5.92. The Hall–Kier alpha value is -4.15. The summed E-state index contributed by atoms with van der Waals surface area (Å²) < 4.78 is 1.77. The number of fused-ring (bicyclic) bond motifs is 1. The Morgan fingerprint density at radius 1 is 1.05 bits per heavy atom. The maximum absolute atomic E-state index is 13.6. The second-order valence-electron chi connectivity index (χ2n) is 10.4. The molecule has 1 aliphatic rings. The van der Waals surface area contributed by atoms with Crippen molar-refractivity contribution in [3.63, 3.8) is 0 Å². The summed E-state index contributed by atoms with van der Waals surface area (Å²) in [5.74, 6) is 0.363. The summed E-state index contributed by atoms with van der Waals surface area (Å²) in [6, 6.07) is 8.67. The molecule has 2 aromatic heterocycles. The van der Waals surface area contributed by atoms with Gasteiger partial charge in [-0.05, 0) is 38.2 Å². The zero-order valence-electron chi connectivity index (χ0n) is 23.6. The van der Waals surface area contributed by atoms with Gasteiger partial charge in [-0.3, -0.25) is 19.4 Å². The summed E-state index contributed by atoms with van der Waals surface area (Å²) in [5.41, 5.74) is 2.00. The van der Waals surface area contributed by atoms with Gasteiger partial charge in [0.25, 0.3) is 5.91 Å². The van der Waals surface area contributed by atoms with Crippen LogP contribution in [0.3, 0.4) is 0 Å². The van der Waals surface area contributed by atoms with Gasteiger partial charge in [-0.1, -0.05) is 50.6 Å². The number of nitrogens with one attached hydrogen (secondary N) is 2. The molecule has 1 aromatic carbocycles. The Balaban J connectivity index is 1.69. The Morgan fingerprint density at radius 2 is 1.82 bits per heavy atom. The molecule has 212 valence electrons. The Kier molecular flexibility index (Phi) is 9.57. The van der Waals surface area contributed by atoms with Crippen molar-refractivity contribution >= 4 is 17.7 Å². The van der Waals surface area contributed by atoms with Gasteiger partial charge < -0.3 is 15.5 Å². The lowest BCUT2D eigenvalue weighted by Gasteiger charge is -2.28. The van der Waals surface area contributed by atoms with Crippen LogP contribution in [0.15, 0.2) is 42.7 Å². The summed E-state index contributed by atoms with van der Waals surface area (Å²) in [5, 5.41) is 10.7. The zero-order valence-corrected chi connectivity index (χ0v) is 23.6. The third-order valence-electron chi connectivity index (χ3n) is 7.23. The van der Waals surface area contributed by atoms with Gasteiger partial charge in [-0.25, -0.2) is 14.6 Å². The molecule has 11 nitrogen and oxygen atoms in total. The lowest BCUT2D eigenvalue weighted by molar-refractivity contribution is -0.130. The predicted octanol–water partition coefficient (Wildman–Crippen LogP) is 2.55. The number of aromatic nitrogens is 5. The highest BCUT2D eigenvalue weighted by Crippen LogP contribution is 2.20. The van der Waals surface area contributed by atoms with E-state index in [0.717, 1.165) is 17.7 Å². The first-order valence-electron chi connectivity index (χ1n) is 13.9. The van der Waals surface area contributed by atoms with Gasteiger partial charge in [0, 0.05) is 25.7 Å². The van der Waals surface area contributed by atoms with Crippen molar-refractivity contribution in [3.8, 4) is 0 Å². The van der Waals surface area contributed by atoms with Crippen molar-refractivity contribution in [3.05, 3.63) is 71.3 Å². The van der Waals surface area contributed by atoms with Crippen molar-refractivity contribution in [2.45, 2.75) is 72.0 Å². The van der Waals surface area contributed by atoms with Crippen LogP contribution in [0.2, 0.25) is 0 Å². The first-order valence-corrected chi connectivity index (χ1v) is 13.9. The number of hydrogen-bond donors (Lipinski definition) is 2. The van der Waals surface area contributed by atoms with Gasteiger partial charge in [-0.2, -0.15) is 5.10 Å². The van der Waals surface area contributed by atoms with Gasteiger partial charge >= 0.3 is 0 Å². The number of benzene rings is 1. The van der Waals surface area contributed by atoms with Crippen LogP contribution in [-0.2, 0) is 22.6 Å². The minimum atomic E-state index is -0.697. The summed E-state index contributed by atoms with van der Waals surface area (Å²) in [4.78, 5) is 54.8. The molecule has 2 N–H and O–H groups in total. The molecule has 0 radical (unpaired) electrons. The molecule has 3 amide bonds. The van der Waals surface area contributed by atoms with Gasteiger partial charge in [0.05, 0.1) is 24.5 Å². The standard InChI is InChI=1S/C29H38N8O3/c1-5-19(2)26-28(39)33-23(16-22-10-7-6-8-11-22)27-32-21(4)35-37(27)15-14-36(13-9-12-25(38)34-26)29(40)24-18-30-20(3)17-31-24/h6-8,10-11,17-19,23,26H,5,9,12-16H2,1-4H3,(H,33,39)(H,34,38)/t19-,23-,26-/m0/s1. The quantitative estimate of drug-likeness (QED) is 0.502. The average molecular weight is 547 g/mol. The topological polar surface area (TPSA) is 135 Å². The van der Waals surface area contributed by atoms with Gasteiger partial charge in [0.1, 0.15) is 23.4 Å². The molecule has 0 saturated heterocycles. The Morgan fingerprint density at radius 3 is 2.52 bits per heavy atom. The smallest absolute Gasteiger partial charge is 0.274 e. The minimum absolute atomic E-state index is 0.0768. The molecular weight excluding hydrogens is 508 g/mol. The lowest BCUT2D eigenvalue weighted by Crippen LogP contribution is -2.51. The number of carbonyl (C=O) groups excluding carboxylic acids is 3. The third-order valence-corrected chi connectivity index (χ3v) is 7.23. The lowest BCUT2D eigenvalue weighted by atomic mass is 9.97. The van der Waals surface area contributed by atoms with Crippen molar-refractivity contribution in [1.82, 2.24) is 40.3 Å². The van der Waals surface area contributed by atoms with Crippen LogP contribution >= 0.6 is 0 Å². The van der Waals surface area contributed by atoms with Crippen molar-refractivity contribution < 1.29 is 14.4 Å². The van der Waals surface area contributed by atoms with E-state index in [1.165, 1.54) is 6.20 Å². The molecule has 11 heteroatoms. The maximum Gasteiger partial charge on any atom is 0.274 e. The number of hydrogen-bond acceptors (Lipinski definition) is 7. The molecule has 0 saturated carbocycles. The van der Waals surface area contributed by atoms with Crippen LogP contribution in [0.1, 0.15) is 72.5 Å². The molecule has 0 unspecified atom stereocenters. The van der Waals surface area contributed by atoms with E-state index in [0.29, 0.717) is 44.1 Å². The zero-order chi connectivity index (χ0) is 28.6. The molecule has 3 aromatic rings. The van der Waals surface area contributed by atoms with Gasteiger partial charge in [0.15, 0.2) is 0 Å². The molecule has 3 atom stereocenters. The van der Waals surface area contributed by atoms with E-state index < -0.39 is 12.1 Å². The van der Waals surface area contributed by atoms with Crippen LogP contribution in [0.5, 0.6) is 0 Å². The fraction of sp³-hybridized carbons (Fsp3) is 0.483. The van der Waals surface area contributed by atoms with E-state index in [9.17, 15) is 14.4 Å². The van der Waals surface area contributed by atoms with Crippen LogP contribution in [0, 0.1) is 19.8 Å². The molecule has 3 heterocycles. The van der Waals surface area contributed by atoms with Crippen molar-refractivity contribution in [2.75, 3.05) is 13.1 Å². The fourth-order valence-electron chi connectivity index (χ4n) is 4.79. The summed E-state index contributed by atoms with van der Waals surface area (Å²) in [6.07, 6.45) is 4.87. The maximum atomic E-state index is 13.6. The predicted molar refractivity (Wildman–Crippen MR) is 149 cm³/mol. The second kappa shape index (κ2) is 13.3. The molecule has 0 aliphatic carbocycles. The molecule has 0 bridgehead atoms. The Labute approximate surface area is 234 Å². The average Bonchev–Trinajstić information content (AvgIpc) is 3.33. The Bertz CT molecular complexity index is 1310. The molecule has 4 rings (SSSR count). The number of amides is 3. The molecule has 0 fully saturated rings. The number of rotatable bonds is 5. The monoisotopic (exact) mass is 546 g/mol. The van der Waals surface area contributed by atoms with Gasteiger partial charge in [-0.15, -0.1) is 0 Å². The van der Waals surface area contributed by atoms with Crippen LogP contribution in [0.4, 0.5) is 0 Å². The highest BCUT2D eigenvalue weighted by Gasteiger charge is 2.31. The first-order chi connectivity index (χ1) is 19.2. The van der Waals surface area contributed by atoms with E-state index in [2.05, 4.69) is 25.7 Å². The van der Waals surface area contributed by atoms with E-state index in [1.807, 2.05) is 58.0 Å². The highest BCUT2D eigenvalue weighted by atomic mass is 16.2. The van der Waals surface area contributed by atoms with E-state index in [4.69, 9.17) is 4.98 Å². The van der Waals surface area contributed by atoms with Crippen LogP contribution in [0.25, 0.3) is 0 Å². The molecule has 1 aliphatic heterocycles. The van der Waals surface area contributed by atoms with Crippen LogP contribution < -0.4 is 10.6 Å². The van der Waals surface area contributed by atoms with E-state index >= 15 is 0 Å². The number of aryl methyl sites for hydroxylation is 2. The molecule has 40 heavy (non-hydrogen) atoms. The number of nitrogens with zero attached hydrogens (tertiary/aromatic N) is 6. The SMILES string of the molecule is CC[C@H](C)[C@@H]1NC(=O)CCCN(C(=O)c2cnc(C)cn2)CCn2nc(C)nc2[C@H](Cc2ccccc2)NC1=O. The third kappa shape index (κ3) is 7.28. The van der Waals surface area contributed by atoms with Gasteiger partial charge in [0.2, 0.25) is 11.8 Å². The van der Waals surface area contributed by atoms with E-state index in [1.54, 1.807) is 15.8 Å². The van der Waals surface area contributed by atoms with Crippen molar-refractivity contribution in [1.29, 1.82) is 0 Å². The largest absolute Gasteiger partial charge is 0.344 e. The fourth-order valence-corrected chi connectivity index (χ4v) is 4.79. The summed E-state index contributed by atoms with van der Waals surface area (Å²) in [6.45, 7) is 8.61. The molecular formula is C29H38N8O3. The minimum Gasteiger partial charge on any atom is -0.344 e. The summed E-state index contributed by atoms with van der Waals surface area (Å²) >= 11 is 0. The number of carbonyl (C=O) groups is 3. The molecule has 0 spiro atoms. The van der Waals surface area contributed by atoms with Crippen molar-refractivity contribution in [2.24, 2.45) is 5.92 Å². The first kappa shape index (κ1) is 28.8. The van der Waals surface area contributed by atoms with E-state index in [-0.39, 0.29) is 35.8 Å². The second-order valence-corrected chi connectivity index (χ2v) is 10.4. The summed E-state index contributed by atoms with van der Waals surface area (Å²) in [7, 11) is 0.